The molecule has 0 saturated heterocycles. The zero-order valence-corrected chi connectivity index (χ0v) is 21.0. The number of guanidine groups is 1. The summed E-state index contributed by atoms with van der Waals surface area (Å²) in [5.41, 5.74) is 1.72. The third-order valence-corrected chi connectivity index (χ3v) is 4.29. The van der Waals surface area contributed by atoms with E-state index in [9.17, 15) is 4.79 Å². The Balaban J connectivity index is 0.00000480. The van der Waals surface area contributed by atoms with Crippen LogP contribution in [0.2, 0.25) is 0 Å². The molecule has 0 spiro atoms. The number of halogens is 1. The number of amides is 1. The van der Waals surface area contributed by atoms with E-state index in [1.807, 2.05) is 55.5 Å². The SMILES string of the molecule is CCNC(=NCc1ccc(C(=O)N(C)C)cc1)NCCCOc1cccc(OC)c1.I. The van der Waals surface area contributed by atoms with Crippen molar-refractivity contribution < 1.29 is 14.3 Å². The molecule has 7 nitrogen and oxygen atoms in total. The van der Waals surface area contributed by atoms with E-state index in [-0.39, 0.29) is 29.9 Å². The van der Waals surface area contributed by atoms with Crippen molar-refractivity contribution in [3.8, 4) is 11.5 Å². The number of carbonyl (C=O) groups excluding carboxylic acids is 1. The first-order valence-electron chi connectivity index (χ1n) is 10.1. The summed E-state index contributed by atoms with van der Waals surface area (Å²) in [4.78, 5) is 18.1. The van der Waals surface area contributed by atoms with Crippen LogP contribution in [0, 0.1) is 0 Å². The fraction of sp³-hybridized carbons (Fsp3) is 0.391. The number of nitrogens with one attached hydrogen (secondary N) is 2. The number of nitrogens with zero attached hydrogens (tertiary/aromatic N) is 2. The smallest absolute Gasteiger partial charge is 0.253 e. The van der Waals surface area contributed by atoms with Crippen molar-refractivity contribution in [3.63, 3.8) is 0 Å². The summed E-state index contributed by atoms with van der Waals surface area (Å²) in [7, 11) is 5.13. The highest BCUT2D eigenvalue weighted by molar-refractivity contribution is 14.0. The summed E-state index contributed by atoms with van der Waals surface area (Å²) in [6.07, 6.45) is 0.836. The molecule has 2 aromatic rings. The van der Waals surface area contributed by atoms with Crippen molar-refractivity contribution >= 4 is 35.8 Å². The summed E-state index contributed by atoms with van der Waals surface area (Å²) in [6, 6.07) is 15.1. The Morgan fingerprint density at radius 3 is 2.42 bits per heavy atom. The van der Waals surface area contributed by atoms with Gasteiger partial charge >= 0.3 is 0 Å². The van der Waals surface area contributed by atoms with Crippen LogP contribution >= 0.6 is 24.0 Å². The van der Waals surface area contributed by atoms with Crippen LogP contribution in [0.3, 0.4) is 0 Å². The first kappa shape index (κ1) is 26.5. The van der Waals surface area contributed by atoms with E-state index in [2.05, 4.69) is 15.6 Å². The molecule has 0 aromatic heterocycles. The number of hydrogen-bond donors (Lipinski definition) is 2. The lowest BCUT2D eigenvalue weighted by molar-refractivity contribution is 0.0827. The number of benzene rings is 2. The van der Waals surface area contributed by atoms with E-state index in [0.717, 1.165) is 42.5 Å². The van der Waals surface area contributed by atoms with Gasteiger partial charge in [-0.05, 0) is 43.2 Å². The lowest BCUT2D eigenvalue weighted by Crippen LogP contribution is -2.38. The second-order valence-corrected chi connectivity index (χ2v) is 6.90. The van der Waals surface area contributed by atoms with Gasteiger partial charge in [-0.15, -0.1) is 24.0 Å². The molecule has 0 bridgehead atoms. The lowest BCUT2D eigenvalue weighted by atomic mass is 10.1. The van der Waals surface area contributed by atoms with Crippen LogP contribution < -0.4 is 20.1 Å². The summed E-state index contributed by atoms with van der Waals surface area (Å²) in [5, 5.41) is 6.56. The van der Waals surface area contributed by atoms with E-state index in [0.29, 0.717) is 18.7 Å². The maximum absolute atomic E-state index is 12.0. The maximum atomic E-state index is 12.0. The Kier molecular flexibility index (Phi) is 12.4. The van der Waals surface area contributed by atoms with Gasteiger partial charge in [0, 0.05) is 38.8 Å². The van der Waals surface area contributed by atoms with Crippen molar-refractivity contribution in [3.05, 3.63) is 59.7 Å². The zero-order valence-electron chi connectivity index (χ0n) is 18.7. The van der Waals surface area contributed by atoms with Crippen LogP contribution in [0.25, 0.3) is 0 Å². The minimum atomic E-state index is -0.00350. The van der Waals surface area contributed by atoms with E-state index in [1.54, 1.807) is 26.1 Å². The van der Waals surface area contributed by atoms with Crippen LogP contribution in [-0.4, -0.2) is 57.7 Å². The van der Waals surface area contributed by atoms with Gasteiger partial charge in [0.15, 0.2) is 5.96 Å². The van der Waals surface area contributed by atoms with Crippen molar-refractivity contribution in [1.82, 2.24) is 15.5 Å². The van der Waals surface area contributed by atoms with Crippen LogP contribution in [0.4, 0.5) is 0 Å². The molecule has 1 amide bonds. The topological polar surface area (TPSA) is 75.2 Å². The predicted molar refractivity (Wildman–Crippen MR) is 136 cm³/mol. The van der Waals surface area contributed by atoms with E-state index in [4.69, 9.17) is 9.47 Å². The molecule has 2 rings (SSSR count). The second-order valence-electron chi connectivity index (χ2n) is 6.90. The highest BCUT2D eigenvalue weighted by Crippen LogP contribution is 2.18. The van der Waals surface area contributed by atoms with Crippen molar-refractivity contribution in [2.75, 3.05) is 40.9 Å². The summed E-state index contributed by atoms with van der Waals surface area (Å²) < 4.78 is 11.0. The molecule has 8 heteroatoms. The summed E-state index contributed by atoms with van der Waals surface area (Å²) >= 11 is 0. The molecule has 2 aromatic carbocycles. The molecule has 0 aliphatic heterocycles. The predicted octanol–water partition coefficient (Wildman–Crippen LogP) is 3.54. The molecule has 0 radical (unpaired) electrons. The van der Waals surface area contributed by atoms with Gasteiger partial charge in [-0.3, -0.25) is 4.79 Å². The summed E-state index contributed by atoms with van der Waals surface area (Å²) in [5.74, 6) is 2.33. The highest BCUT2D eigenvalue weighted by atomic mass is 127. The Labute approximate surface area is 202 Å². The van der Waals surface area contributed by atoms with Gasteiger partial charge in [-0.25, -0.2) is 4.99 Å². The fourth-order valence-corrected chi connectivity index (χ4v) is 2.68. The number of carbonyl (C=O) groups is 1. The van der Waals surface area contributed by atoms with E-state index in [1.165, 1.54) is 0 Å². The minimum Gasteiger partial charge on any atom is -0.497 e. The number of rotatable bonds is 10. The Morgan fingerprint density at radius 1 is 1.06 bits per heavy atom. The first-order valence-corrected chi connectivity index (χ1v) is 10.1. The average Bonchev–Trinajstić information content (AvgIpc) is 2.77. The molecule has 0 unspecified atom stereocenters. The lowest BCUT2D eigenvalue weighted by Gasteiger charge is -2.12. The number of aliphatic imine (C=N–C) groups is 1. The van der Waals surface area contributed by atoms with Crippen molar-refractivity contribution in [2.45, 2.75) is 19.9 Å². The fourth-order valence-electron chi connectivity index (χ4n) is 2.68. The molecule has 31 heavy (non-hydrogen) atoms. The molecule has 0 atom stereocenters. The standard InChI is InChI=1S/C23H32N4O3.HI/c1-5-24-23(25-14-7-15-30-21-9-6-8-20(16-21)29-4)26-17-18-10-12-19(13-11-18)22(28)27(2)3;/h6,8-13,16H,5,7,14-15,17H2,1-4H3,(H2,24,25,26);1H. The molecule has 0 fully saturated rings. The van der Waals surface area contributed by atoms with Gasteiger partial charge in [0.1, 0.15) is 11.5 Å². The van der Waals surface area contributed by atoms with Gasteiger partial charge in [-0.1, -0.05) is 18.2 Å². The van der Waals surface area contributed by atoms with Crippen molar-refractivity contribution in [2.24, 2.45) is 4.99 Å². The average molecular weight is 540 g/mol. The van der Waals surface area contributed by atoms with Gasteiger partial charge in [0.25, 0.3) is 5.91 Å². The molecule has 0 aliphatic rings. The van der Waals surface area contributed by atoms with Gasteiger partial charge in [0.05, 0.1) is 20.3 Å². The van der Waals surface area contributed by atoms with Crippen LogP contribution in [-0.2, 0) is 6.54 Å². The van der Waals surface area contributed by atoms with Crippen LogP contribution in [0.15, 0.2) is 53.5 Å². The molecule has 0 aliphatic carbocycles. The van der Waals surface area contributed by atoms with E-state index < -0.39 is 0 Å². The quantitative estimate of drug-likeness (QED) is 0.209. The third kappa shape index (κ3) is 9.46. The minimum absolute atomic E-state index is 0. The number of methoxy groups -OCH3 is 1. The Hall–Kier alpha value is -2.49. The third-order valence-electron chi connectivity index (χ3n) is 4.29. The highest BCUT2D eigenvalue weighted by Gasteiger charge is 2.07. The molecule has 0 saturated carbocycles. The largest absolute Gasteiger partial charge is 0.497 e. The van der Waals surface area contributed by atoms with Crippen molar-refractivity contribution in [1.29, 1.82) is 0 Å². The van der Waals surface area contributed by atoms with Gasteiger partial charge in [-0.2, -0.15) is 0 Å². The molecule has 0 heterocycles. The Morgan fingerprint density at radius 2 is 1.77 bits per heavy atom. The van der Waals surface area contributed by atoms with E-state index >= 15 is 0 Å². The van der Waals surface area contributed by atoms with Gasteiger partial charge in [0.2, 0.25) is 0 Å². The molecule has 170 valence electrons. The summed E-state index contributed by atoms with van der Waals surface area (Å²) in [6.45, 7) is 4.69. The number of ether oxygens (including phenoxy) is 2. The number of hydrogen-bond acceptors (Lipinski definition) is 4. The molecular weight excluding hydrogens is 507 g/mol. The molecule has 2 N–H and O–H groups in total. The second kappa shape index (κ2) is 14.5. The zero-order chi connectivity index (χ0) is 21.8. The maximum Gasteiger partial charge on any atom is 0.253 e. The Bertz CT molecular complexity index is 826. The normalized spacial score (nSPS) is 10.6. The van der Waals surface area contributed by atoms with Gasteiger partial charge < -0.3 is 25.0 Å². The van der Waals surface area contributed by atoms with Crippen LogP contribution in [0.5, 0.6) is 11.5 Å². The first-order chi connectivity index (χ1) is 14.5. The van der Waals surface area contributed by atoms with Crippen LogP contribution in [0.1, 0.15) is 29.3 Å². The molecular formula is C23H33IN4O3. The monoisotopic (exact) mass is 540 g/mol.